The molecule has 1 aromatic carbocycles. The average molecular weight is 420 g/mol. The van der Waals surface area contributed by atoms with Gasteiger partial charge in [0.2, 0.25) is 0 Å². The molecule has 0 aliphatic carbocycles. The number of pyridine rings is 1. The van der Waals surface area contributed by atoms with Crippen molar-refractivity contribution in [2.45, 2.75) is 47.2 Å². The third-order valence-corrected chi connectivity index (χ3v) is 5.93. The zero-order chi connectivity index (χ0) is 21.4. The second-order valence-electron chi connectivity index (χ2n) is 7.85. The molecule has 3 aromatic heterocycles. The number of aromatic nitrogens is 4. The summed E-state index contributed by atoms with van der Waals surface area (Å²) >= 11 is 1.53. The van der Waals surface area contributed by atoms with Crippen LogP contribution in [0.2, 0.25) is 0 Å². The van der Waals surface area contributed by atoms with Crippen molar-refractivity contribution in [2.75, 3.05) is 4.90 Å². The number of fused-ring (bicyclic) bond motifs is 1. The van der Waals surface area contributed by atoms with E-state index in [1.54, 1.807) is 15.8 Å². The number of benzene rings is 1. The minimum Gasteiger partial charge on any atom is -0.277 e. The summed E-state index contributed by atoms with van der Waals surface area (Å²) in [6, 6.07) is 11.9. The molecule has 0 saturated heterocycles. The molecule has 0 fully saturated rings. The first-order valence-corrected chi connectivity index (χ1v) is 10.8. The minimum atomic E-state index is -0.122. The Morgan fingerprint density at radius 2 is 1.97 bits per heavy atom. The van der Waals surface area contributed by atoms with Crippen LogP contribution in [-0.4, -0.2) is 25.7 Å². The number of anilines is 1. The van der Waals surface area contributed by atoms with Crippen molar-refractivity contribution in [1.29, 1.82) is 0 Å². The Kier molecular flexibility index (Phi) is 5.39. The summed E-state index contributed by atoms with van der Waals surface area (Å²) < 4.78 is 2.86. The largest absolute Gasteiger partial charge is 0.278 e. The number of hydrogen-bond acceptors (Lipinski definition) is 5. The van der Waals surface area contributed by atoms with Crippen molar-refractivity contribution in [2.24, 2.45) is 0 Å². The highest BCUT2D eigenvalue weighted by atomic mass is 32.1. The van der Waals surface area contributed by atoms with Gasteiger partial charge in [-0.2, -0.15) is 5.10 Å². The molecule has 154 valence electrons. The molecule has 30 heavy (non-hydrogen) atoms. The third kappa shape index (κ3) is 3.85. The van der Waals surface area contributed by atoms with Gasteiger partial charge in [0, 0.05) is 12.2 Å². The van der Waals surface area contributed by atoms with Crippen LogP contribution in [0.4, 0.5) is 5.13 Å². The number of rotatable bonds is 5. The maximum Gasteiger partial charge on any atom is 0.278 e. The van der Waals surface area contributed by atoms with E-state index in [-0.39, 0.29) is 11.9 Å². The molecule has 0 radical (unpaired) electrons. The van der Waals surface area contributed by atoms with E-state index in [9.17, 15) is 4.79 Å². The Balaban J connectivity index is 1.83. The fraction of sp³-hybridized carbons (Fsp3) is 0.304. The molecule has 6 nitrogen and oxygen atoms in total. The van der Waals surface area contributed by atoms with Crippen LogP contribution < -0.4 is 4.90 Å². The third-order valence-electron chi connectivity index (χ3n) is 4.91. The van der Waals surface area contributed by atoms with E-state index in [0.717, 1.165) is 27.2 Å². The SMILES string of the molecule is Cc1cc(C)c2nc(N(Cc3ccccn3)C(=O)c3cc(C)nn3C(C)C)sc2c1. The summed E-state index contributed by atoms with van der Waals surface area (Å²) in [5.74, 6) is -0.122. The first-order chi connectivity index (χ1) is 14.3. The maximum absolute atomic E-state index is 13.7. The lowest BCUT2D eigenvalue weighted by atomic mass is 10.1. The predicted molar refractivity (Wildman–Crippen MR) is 121 cm³/mol. The highest BCUT2D eigenvalue weighted by Crippen LogP contribution is 2.33. The monoisotopic (exact) mass is 419 g/mol. The molecule has 7 heteroatoms. The number of carbonyl (C=O) groups is 1. The molecular weight excluding hydrogens is 394 g/mol. The molecule has 0 atom stereocenters. The molecule has 0 aliphatic rings. The standard InChI is InChI=1S/C23H25N5OS/c1-14(2)28-19(12-17(5)26-28)22(29)27(13-18-8-6-7-9-24-18)23-25-21-16(4)10-15(3)11-20(21)30-23/h6-12,14H,13H2,1-5H3. The quantitative estimate of drug-likeness (QED) is 0.444. The van der Waals surface area contributed by atoms with Gasteiger partial charge in [0.1, 0.15) is 5.69 Å². The molecule has 3 heterocycles. The van der Waals surface area contributed by atoms with Crippen LogP contribution in [-0.2, 0) is 6.54 Å². The zero-order valence-electron chi connectivity index (χ0n) is 17.9. The van der Waals surface area contributed by atoms with Gasteiger partial charge in [-0.05, 0) is 70.0 Å². The van der Waals surface area contributed by atoms with Crippen molar-refractivity contribution in [3.8, 4) is 0 Å². The van der Waals surface area contributed by atoms with E-state index >= 15 is 0 Å². The van der Waals surface area contributed by atoms with Crippen molar-refractivity contribution in [3.05, 3.63) is 70.8 Å². The number of hydrogen-bond donors (Lipinski definition) is 0. The summed E-state index contributed by atoms with van der Waals surface area (Å²) in [6.07, 6.45) is 1.74. The predicted octanol–water partition coefficient (Wildman–Crippen LogP) is 5.24. The molecule has 4 rings (SSSR count). The van der Waals surface area contributed by atoms with Crippen molar-refractivity contribution < 1.29 is 4.79 Å². The molecule has 0 spiro atoms. The molecule has 0 unspecified atom stereocenters. The fourth-order valence-electron chi connectivity index (χ4n) is 3.56. The van der Waals surface area contributed by atoms with Crippen LogP contribution in [0.1, 0.15) is 52.9 Å². The van der Waals surface area contributed by atoms with Gasteiger partial charge in [-0.3, -0.25) is 19.4 Å². The highest BCUT2D eigenvalue weighted by molar-refractivity contribution is 7.22. The zero-order valence-corrected chi connectivity index (χ0v) is 18.7. The van der Waals surface area contributed by atoms with Crippen molar-refractivity contribution in [1.82, 2.24) is 19.7 Å². The highest BCUT2D eigenvalue weighted by Gasteiger charge is 2.26. The first kappa shape index (κ1) is 20.2. The molecule has 0 aliphatic heterocycles. The Bertz CT molecular complexity index is 1210. The van der Waals surface area contributed by atoms with Crippen molar-refractivity contribution in [3.63, 3.8) is 0 Å². The Labute approximate surface area is 180 Å². The lowest BCUT2D eigenvalue weighted by molar-refractivity contribution is 0.0972. The van der Waals surface area contributed by atoms with Crippen LogP contribution >= 0.6 is 11.3 Å². The average Bonchev–Trinajstić information content (AvgIpc) is 3.30. The van der Waals surface area contributed by atoms with E-state index in [0.29, 0.717) is 17.4 Å². The minimum absolute atomic E-state index is 0.0783. The fourth-order valence-corrected chi connectivity index (χ4v) is 4.70. The summed E-state index contributed by atoms with van der Waals surface area (Å²) in [4.78, 5) is 24.7. The van der Waals surface area contributed by atoms with E-state index in [4.69, 9.17) is 4.98 Å². The molecular formula is C23H25N5OS. The number of carbonyl (C=O) groups excluding carboxylic acids is 1. The summed E-state index contributed by atoms with van der Waals surface area (Å²) in [5.41, 5.74) is 5.43. The van der Waals surface area contributed by atoms with Gasteiger partial charge in [-0.25, -0.2) is 4.98 Å². The van der Waals surface area contributed by atoms with Gasteiger partial charge in [0.05, 0.1) is 28.1 Å². The van der Waals surface area contributed by atoms with Gasteiger partial charge in [-0.1, -0.05) is 23.5 Å². The lowest BCUT2D eigenvalue weighted by Gasteiger charge is -2.21. The van der Waals surface area contributed by atoms with Crippen LogP contribution in [0.3, 0.4) is 0 Å². The summed E-state index contributed by atoms with van der Waals surface area (Å²) in [7, 11) is 0. The van der Waals surface area contributed by atoms with Crippen LogP contribution in [0.5, 0.6) is 0 Å². The number of thiazole rings is 1. The molecule has 1 amide bonds. The Morgan fingerprint density at radius 3 is 2.67 bits per heavy atom. The maximum atomic E-state index is 13.7. The van der Waals surface area contributed by atoms with Crippen LogP contribution in [0, 0.1) is 20.8 Å². The van der Waals surface area contributed by atoms with Gasteiger partial charge in [0.25, 0.3) is 5.91 Å². The smallest absolute Gasteiger partial charge is 0.277 e. The number of nitrogens with zero attached hydrogens (tertiary/aromatic N) is 5. The summed E-state index contributed by atoms with van der Waals surface area (Å²) in [6.45, 7) is 10.4. The first-order valence-electron chi connectivity index (χ1n) is 9.99. The van der Waals surface area contributed by atoms with E-state index < -0.39 is 0 Å². The lowest BCUT2D eigenvalue weighted by Crippen LogP contribution is -2.32. The van der Waals surface area contributed by atoms with Gasteiger partial charge >= 0.3 is 0 Å². The van der Waals surface area contributed by atoms with Crippen molar-refractivity contribution >= 4 is 32.6 Å². The van der Waals surface area contributed by atoms with Crippen LogP contribution in [0.25, 0.3) is 10.2 Å². The number of aryl methyl sites for hydroxylation is 3. The Hall–Kier alpha value is -3.06. The van der Waals surface area contributed by atoms with Gasteiger partial charge < -0.3 is 0 Å². The van der Waals surface area contributed by atoms with E-state index in [1.165, 1.54) is 16.9 Å². The molecule has 0 bridgehead atoms. The molecule has 0 N–H and O–H groups in total. The summed E-state index contributed by atoms with van der Waals surface area (Å²) in [5, 5.41) is 5.19. The second-order valence-corrected chi connectivity index (χ2v) is 8.86. The van der Waals surface area contributed by atoms with Gasteiger partial charge in [0.15, 0.2) is 5.13 Å². The normalized spacial score (nSPS) is 11.4. The van der Waals surface area contributed by atoms with Crippen LogP contribution in [0.15, 0.2) is 42.6 Å². The molecule has 0 saturated carbocycles. The van der Waals surface area contributed by atoms with E-state index in [2.05, 4.69) is 36.1 Å². The van der Waals surface area contributed by atoms with E-state index in [1.807, 2.05) is 45.0 Å². The molecule has 4 aromatic rings. The van der Waals surface area contributed by atoms with Gasteiger partial charge in [-0.15, -0.1) is 0 Å². The Morgan fingerprint density at radius 1 is 1.17 bits per heavy atom. The second kappa shape index (κ2) is 7.99. The topological polar surface area (TPSA) is 63.9 Å². The number of amides is 1.